The maximum Gasteiger partial charge on any atom is 0.314 e. The highest BCUT2D eigenvalue weighted by Gasteiger charge is 2.13. The number of anilines is 2. The Bertz CT molecular complexity index is 642. The van der Waals surface area contributed by atoms with Crippen LogP contribution in [0.1, 0.15) is 20.7 Å². The van der Waals surface area contributed by atoms with Gasteiger partial charge in [-0.3, -0.25) is 19.2 Å². The summed E-state index contributed by atoms with van der Waals surface area (Å²) in [6.07, 6.45) is 1.36. The first-order valence-electron chi connectivity index (χ1n) is 6.35. The van der Waals surface area contributed by atoms with Crippen molar-refractivity contribution in [3.05, 3.63) is 59.7 Å². The summed E-state index contributed by atoms with van der Waals surface area (Å²) < 4.78 is 0. The fraction of sp³-hybridized carbons (Fsp3) is 0. The monoisotopic (exact) mass is 296 g/mol. The van der Waals surface area contributed by atoms with Crippen LogP contribution in [0.25, 0.3) is 0 Å². The van der Waals surface area contributed by atoms with Gasteiger partial charge in [-0.15, -0.1) is 0 Å². The Kier molecular flexibility index (Phi) is 4.77. The van der Waals surface area contributed by atoms with Gasteiger partial charge in [0.2, 0.25) is 0 Å². The van der Waals surface area contributed by atoms with E-state index in [1.165, 1.54) is 48.5 Å². The van der Waals surface area contributed by atoms with E-state index < -0.39 is 11.8 Å². The van der Waals surface area contributed by atoms with Crippen LogP contribution in [-0.4, -0.2) is 24.4 Å². The van der Waals surface area contributed by atoms with E-state index in [1.807, 2.05) is 0 Å². The van der Waals surface area contributed by atoms with Crippen LogP contribution in [0.5, 0.6) is 0 Å². The molecule has 0 aromatic heterocycles. The van der Waals surface area contributed by atoms with Crippen molar-refractivity contribution >= 4 is 35.8 Å². The molecule has 22 heavy (non-hydrogen) atoms. The molecule has 0 aliphatic rings. The number of rotatable bonds is 4. The molecule has 2 rings (SSSR count). The molecule has 0 radical (unpaired) electrons. The smallest absolute Gasteiger partial charge is 0.314 e. The Hall–Kier alpha value is -3.28. The summed E-state index contributed by atoms with van der Waals surface area (Å²) >= 11 is 0. The van der Waals surface area contributed by atoms with Gasteiger partial charge in [-0.1, -0.05) is 0 Å². The van der Waals surface area contributed by atoms with Crippen LogP contribution in [0.3, 0.4) is 0 Å². The lowest BCUT2D eigenvalue weighted by molar-refractivity contribution is -0.132. The predicted octanol–water partition coefficient (Wildman–Crippen LogP) is 1.89. The highest BCUT2D eigenvalue weighted by molar-refractivity contribution is 6.43. The van der Waals surface area contributed by atoms with Crippen molar-refractivity contribution in [2.24, 2.45) is 0 Å². The van der Waals surface area contributed by atoms with E-state index in [-0.39, 0.29) is 0 Å². The standard InChI is InChI=1S/C16H12N2O4/c19-9-11-1-5-13(6-2-11)17-15(21)16(22)18-14-7-3-12(10-20)4-8-14/h1-10H,(H,17,21)(H,18,22). The molecule has 110 valence electrons. The minimum Gasteiger partial charge on any atom is -0.318 e. The maximum atomic E-state index is 11.7. The van der Waals surface area contributed by atoms with E-state index in [1.54, 1.807) is 0 Å². The van der Waals surface area contributed by atoms with Crippen molar-refractivity contribution in [3.8, 4) is 0 Å². The number of carbonyl (C=O) groups is 4. The first-order chi connectivity index (χ1) is 10.6. The van der Waals surface area contributed by atoms with Gasteiger partial charge in [-0.2, -0.15) is 0 Å². The van der Waals surface area contributed by atoms with Crippen LogP contribution in [0.4, 0.5) is 11.4 Å². The molecule has 2 aromatic carbocycles. The fourth-order valence-corrected chi connectivity index (χ4v) is 1.67. The Morgan fingerprint density at radius 3 is 1.23 bits per heavy atom. The molecule has 0 bridgehead atoms. The highest BCUT2D eigenvalue weighted by Crippen LogP contribution is 2.10. The average Bonchev–Trinajstić information content (AvgIpc) is 2.56. The second-order valence-electron chi connectivity index (χ2n) is 4.39. The molecule has 2 aromatic rings. The van der Waals surface area contributed by atoms with Crippen molar-refractivity contribution in [1.29, 1.82) is 0 Å². The molecular formula is C16H12N2O4. The molecule has 0 heterocycles. The third-order valence-electron chi connectivity index (χ3n) is 2.82. The van der Waals surface area contributed by atoms with Gasteiger partial charge < -0.3 is 10.6 Å². The fourth-order valence-electron chi connectivity index (χ4n) is 1.67. The largest absolute Gasteiger partial charge is 0.318 e. The SMILES string of the molecule is O=Cc1ccc(NC(=O)C(=O)Nc2ccc(C=O)cc2)cc1. The minimum atomic E-state index is -0.835. The van der Waals surface area contributed by atoms with Gasteiger partial charge in [-0.25, -0.2) is 0 Å². The van der Waals surface area contributed by atoms with Gasteiger partial charge in [-0.05, 0) is 48.5 Å². The first kappa shape index (κ1) is 15.1. The number of carbonyl (C=O) groups excluding carboxylic acids is 4. The first-order valence-corrected chi connectivity index (χ1v) is 6.35. The van der Waals surface area contributed by atoms with E-state index in [2.05, 4.69) is 10.6 Å². The molecular weight excluding hydrogens is 284 g/mol. The lowest BCUT2D eigenvalue weighted by atomic mass is 10.2. The number of nitrogens with one attached hydrogen (secondary N) is 2. The van der Waals surface area contributed by atoms with Gasteiger partial charge in [0.1, 0.15) is 12.6 Å². The van der Waals surface area contributed by atoms with Gasteiger partial charge in [0.25, 0.3) is 0 Å². The van der Waals surface area contributed by atoms with Crippen LogP contribution in [0.15, 0.2) is 48.5 Å². The molecule has 0 aliphatic carbocycles. The van der Waals surface area contributed by atoms with E-state index in [0.717, 1.165) is 0 Å². The third-order valence-corrected chi connectivity index (χ3v) is 2.82. The number of hydrogen-bond donors (Lipinski definition) is 2. The molecule has 2 N–H and O–H groups in total. The molecule has 2 amide bonds. The third kappa shape index (κ3) is 3.86. The topological polar surface area (TPSA) is 92.3 Å². The second-order valence-corrected chi connectivity index (χ2v) is 4.39. The molecule has 6 nitrogen and oxygen atoms in total. The molecule has 0 atom stereocenters. The van der Waals surface area contributed by atoms with Crippen LogP contribution in [0.2, 0.25) is 0 Å². The summed E-state index contributed by atoms with van der Waals surface area (Å²) in [6.45, 7) is 0. The van der Waals surface area contributed by atoms with Crippen molar-refractivity contribution in [3.63, 3.8) is 0 Å². The summed E-state index contributed by atoms with van der Waals surface area (Å²) in [6, 6.07) is 12.2. The van der Waals surface area contributed by atoms with Gasteiger partial charge in [0, 0.05) is 22.5 Å². The molecule has 0 unspecified atom stereocenters. The van der Waals surface area contributed by atoms with Crippen LogP contribution in [0, 0.1) is 0 Å². The van der Waals surface area contributed by atoms with Crippen molar-refractivity contribution in [1.82, 2.24) is 0 Å². The molecule has 0 saturated heterocycles. The minimum absolute atomic E-state index is 0.405. The highest BCUT2D eigenvalue weighted by atomic mass is 16.2. The molecule has 0 saturated carbocycles. The lowest BCUT2D eigenvalue weighted by Gasteiger charge is -2.06. The zero-order valence-electron chi connectivity index (χ0n) is 11.4. The van der Waals surface area contributed by atoms with E-state index in [0.29, 0.717) is 35.1 Å². The number of hydrogen-bond acceptors (Lipinski definition) is 4. The Morgan fingerprint density at radius 1 is 0.636 bits per heavy atom. The van der Waals surface area contributed by atoms with E-state index >= 15 is 0 Å². The van der Waals surface area contributed by atoms with Gasteiger partial charge in [0.05, 0.1) is 0 Å². The van der Waals surface area contributed by atoms with Gasteiger partial charge in [0.15, 0.2) is 0 Å². The summed E-state index contributed by atoms with van der Waals surface area (Å²) in [5, 5.41) is 4.83. The zero-order chi connectivity index (χ0) is 15.9. The van der Waals surface area contributed by atoms with Crippen molar-refractivity contribution < 1.29 is 19.2 Å². The maximum absolute atomic E-state index is 11.7. The molecule has 6 heteroatoms. The Labute approximate surface area is 126 Å². The summed E-state index contributed by atoms with van der Waals surface area (Å²) in [5.41, 5.74) is 1.75. The van der Waals surface area contributed by atoms with Gasteiger partial charge >= 0.3 is 11.8 Å². The van der Waals surface area contributed by atoms with E-state index in [9.17, 15) is 19.2 Å². The summed E-state index contributed by atoms with van der Waals surface area (Å²) in [4.78, 5) is 44.5. The predicted molar refractivity (Wildman–Crippen MR) is 80.9 cm³/mol. The second kappa shape index (κ2) is 6.94. The number of amides is 2. The zero-order valence-corrected chi connectivity index (χ0v) is 11.4. The lowest BCUT2D eigenvalue weighted by Crippen LogP contribution is -2.29. The number of benzene rings is 2. The average molecular weight is 296 g/mol. The number of aldehydes is 2. The molecule has 0 spiro atoms. The van der Waals surface area contributed by atoms with Crippen LogP contribution >= 0.6 is 0 Å². The van der Waals surface area contributed by atoms with Crippen LogP contribution < -0.4 is 10.6 Å². The molecule has 0 aliphatic heterocycles. The normalized spacial score (nSPS) is 9.64. The molecule has 0 fully saturated rings. The Balaban J connectivity index is 1.97. The summed E-state index contributed by atoms with van der Waals surface area (Å²) in [7, 11) is 0. The summed E-state index contributed by atoms with van der Waals surface area (Å²) in [5.74, 6) is -1.67. The van der Waals surface area contributed by atoms with Crippen molar-refractivity contribution in [2.75, 3.05) is 10.6 Å². The van der Waals surface area contributed by atoms with E-state index in [4.69, 9.17) is 0 Å². The van der Waals surface area contributed by atoms with Crippen molar-refractivity contribution in [2.45, 2.75) is 0 Å². The quantitative estimate of drug-likeness (QED) is 0.665. The van der Waals surface area contributed by atoms with Crippen LogP contribution in [-0.2, 0) is 9.59 Å². The Morgan fingerprint density at radius 2 is 0.955 bits per heavy atom.